The van der Waals surface area contributed by atoms with Gasteiger partial charge in [-0.05, 0) is 49.7 Å². The second-order valence-electron chi connectivity index (χ2n) is 6.32. The van der Waals surface area contributed by atoms with E-state index in [1.165, 1.54) is 4.68 Å². The van der Waals surface area contributed by atoms with Crippen LogP contribution >= 0.6 is 0 Å². The molecular weight excluding hydrogens is 358 g/mol. The van der Waals surface area contributed by atoms with Crippen LogP contribution in [-0.4, -0.2) is 21.8 Å². The van der Waals surface area contributed by atoms with Crippen LogP contribution in [0.2, 0.25) is 0 Å². The second-order valence-corrected chi connectivity index (χ2v) is 6.32. The van der Waals surface area contributed by atoms with Crippen molar-refractivity contribution in [2.75, 3.05) is 17.9 Å². The van der Waals surface area contributed by atoms with Crippen LogP contribution < -0.4 is 21.2 Å². The molecule has 8 heteroatoms. The predicted octanol–water partition coefficient (Wildman–Crippen LogP) is 3.63. The lowest BCUT2D eigenvalue weighted by Gasteiger charge is -2.12. The Bertz CT molecular complexity index is 1210. The molecule has 0 atom stereocenters. The molecule has 0 aliphatic carbocycles. The van der Waals surface area contributed by atoms with Gasteiger partial charge in [0.05, 0.1) is 7.11 Å². The highest BCUT2D eigenvalue weighted by Crippen LogP contribution is 2.24. The van der Waals surface area contributed by atoms with E-state index in [-0.39, 0.29) is 0 Å². The first-order valence-corrected chi connectivity index (χ1v) is 8.68. The van der Waals surface area contributed by atoms with Crippen LogP contribution in [0.15, 0.2) is 57.9 Å². The summed E-state index contributed by atoms with van der Waals surface area (Å²) in [5.74, 6) is 1.19. The van der Waals surface area contributed by atoms with E-state index in [9.17, 15) is 4.79 Å². The van der Waals surface area contributed by atoms with Gasteiger partial charge in [-0.3, -0.25) is 5.43 Å². The standard InChI is InChI=1S/C20H19N5O3/c1-12-10-14(8-9-16(12)27-3)22-19-21-11-13(2)18(23-19)24-25-15-6-4-5-7-17(15)28-20(25)26/h4-11H,1-3H3,(H2,21,22,23,24). The minimum Gasteiger partial charge on any atom is -0.496 e. The number of oxazole rings is 1. The topological polar surface area (TPSA) is 94.2 Å². The summed E-state index contributed by atoms with van der Waals surface area (Å²) in [7, 11) is 1.64. The molecule has 2 heterocycles. The summed E-state index contributed by atoms with van der Waals surface area (Å²) in [6.45, 7) is 3.82. The molecule has 0 aliphatic heterocycles. The molecule has 4 aromatic rings. The molecule has 0 unspecified atom stereocenters. The van der Waals surface area contributed by atoms with Gasteiger partial charge < -0.3 is 14.5 Å². The van der Waals surface area contributed by atoms with E-state index >= 15 is 0 Å². The summed E-state index contributed by atoms with van der Waals surface area (Å²) in [6.07, 6.45) is 1.68. The summed E-state index contributed by atoms with van der Waals surface area (Å²) in [5.41, 5.74) is 6.76. The molecule has 0 bridgehead atoms. The molecule has 8 nitrogen and oxygen atoms in total. The Balaban J connectivity index is 1.65. The molecule has 0 radical (unpaired) electrons. The van der Waals surface area contributed by atoms with Crippen molar-refractivity contribution < 1.29 is 9.15 Å². The number of anilines is 3. The van der Waals surface area contributed by atoms with Crippen LogP contribution in [0, 0.1) is 13.8 Å². The molecule has 0 aliphatic rings. The molecule has 142 valence electrons. The van der Waals surface area contributed by atoms with Crippen molar-refractivity contribution >= 4 is 28.6 Å². The fraction of sp³-hybridized carbons (Fsp3) is 0.150. The van der Waals surface area contributed by atoms with Crippen LogP contribution in [0.1, 0.15) is 11.1 Å². The zero-order valence-corrected chi connectivity index (χ0v) is 15.7. The molecule has 0 spiro atoms. The number of aromatic nitrogens is 3. The van der Waals surface area contributed by atoms with Crippen molar-refractivity contribution in [1.29, 1.82) is 0 Å². The minimum absolute atomic E-state index is 0.401. The second kappa shape index (κ2) is 7.07. The zero-order chi connectivity index (χ0) is 19.7. The third-order valence-electron chi connectivity index (χ3n) is 4.33. The van der Waals surface area contributed by atoms with Gasteiger partial charge in [-0.1, -0.05) is 12.1 Å². The van der Waals surface area contributed by atoms with Gasteiger partial charge in [-0.15, -0.1) is 0 Å². The Hall–Kier alpha value is -3.81. The van der Waals surface area contributed by atoms with Crippen molar-refractivity contribution in [3.63, 3.8) is 0 Å². The van der Waals surface area contributed by atoms with Gasteiger partial charge in [0.1, 0.15) is 11.3 Å². The SMILES string of the molecule is COc1ccc(Nc2ncc(C)c(Nn3c(=O)oc4ccccc43)n2)cc1C. The van der Waals surface area contributed by atoms with Gasteiger partial charge in [-0.25, -0.2) is 9.78 Å². The number of methoxy groups -OCH3 is 1. The summed E-state index contributed by atoms with van der Waals surface area (Å²) < 4.78 is 11.9. The van der Waals surface area contributed by atoms with Gasteiger partial charge in [0.25, 0.3) is 0 Å². The van der Waals surface area contributed by atoms with E-state index < -0.39 is 5.76 Å². The average molecular weight is 377 g/mol. The number of nitrogens with one attached hydrogen (secondary N) is 2. The van der Waals surface area contributed by atoms with Gasteiger partial charge in [0.2, 0.25) is 5.95 Å². The highest BCUT2D eigenvalue weighted by molar-refractivity contribution is 5.73. The summed E-state index contributed by atoms with van der Waals surface area (Å²) >= 11 is 0. The first-order chi connectivity index (χ1) is 13.5. The lowest BCUT2D eigenvalue weighted by Crippen LogP contribution is -2.23. The molecule has 2 aromatic carbocycles. The highest BCUT2D eigenvalue weighted by atomic mass is 16.5. The maximum atomic E-state index is 12.2. The Morgan fingerprint density at radius 2 is 1.93 bits per heavy atom. The van der Waals surface area contributed by atoms with Crippen LogP contribution in [0.25, 0.3) is 11.1 Å². The van der Waals surface area contributed by atoms with Crippen LogP contribution in [-0.2, 0) is 0 Å². The first kappa shape index (κ1) is 17.6. The molecule has 2 aromatic heterocycles. The van der Waals surface area contributed by atoms with Gasteiger partial charge in [-0.2, -0.15) is 9.66 Å². The number of para-hydroxylation sites is 2. The molecule has 2 N–H and O–H groups in total. The fourth-order valence-electron chi connectivity index (χ4n) is 2.88. The van der Waals surface area contributed by atoms with Crippen molar-refractivity contribution in [1.82, 2.24) is 14.6 Å². The Morgan fingerprint density at radius 3 is 2.71 bits per heavy atom. The number of hydrogen-bond acceptors (Lipinski definition) is 7. The minimum atomic E-state index is -0.514. The molecule has 0 saturated carbocycles. The predicted molar refractivity (Wildman–Crippen MR) is 107 cm³/mol. The lowest BCUT2D eigenvalue weighted by atomic mass is 10.2. The van der Waals surface area contributed by atoms with E-state index in [0.717, 1.165) is 22.6 Å². The normalized spacial score (nSPS) is 10.8. The maximum absolute atomic E-state index is 12.2. The third kappa shape index (κ3) is 3.27. The largest absolute Gasteiger partial charge is 0.496 e. The van der Waals surface area contributed by atoms with Gasteiger partial charge in [0, 0.05) is 17.4 Å². The van der Waals surface area contributed by atoms with Gasteiger partial charge >= 0.3 is 5.76 Å². The van der Waals surface area contributed by atoms with E-state index in [1.54, 1.807) is 25.4 Å². The van der Waals surface area contributed by atoms with Crippen LogP contribution in [0.3, 0.4) is 0 Å². The number of benzene rings is 2. The first-order valence-electron chi connectivity index (χ1n) is 8.68. The van der Waals surface area contributed by atoms with Crippen LogP contribution in [0.4, 0.5) is 17.5 Å². The lowest BCUT2D eigenvalue weighted by molar-refractivity contribution is 0.412. The molecule has 0 fully saturated rings. The molecule has 28 heavy (non-hydrogen) atoms. The molecule has 0 amide bonds. The molecule has 0 saturated heterocycles. The molecular formula is C20H19N5O3. The Kier molecular flexibility index (Phi) is 4.44. The van der Waals surface area contributed by atoms with Crippen molar-refractivity contribution in [2.45, 2.75) is 13.8 Å². The van der Waals surface area contributed by atoms with Gasteiger partial charge in [0.15, 0.2) is 11.4 Å². The number of fused-ring (bicyclic) bond motifs is 1. The van der Waals surface area contributed by atoms with Crippen molar-refractivity contribution in [3.8, 4) is 5.75 Å². The summed E-state index contributed by atoms with van der Waals surface area (Å²) in [6, 6.07) is 12.9. The van der Waals surface area contributed by atoms with E-state index in [2.05, 4.69) is 20.7 Å². The number of nitrogens with zero attached hydrogens (tertiary/aromatic N) is 3. The summed E-state index contributed by atoms with van der Waals surface area (Å²) in [4.78, 5) is 21.0. The number of hydrogen-bond donors (Lipinski definition) is 2. The smallest absolute Gasteiger partial charge is 0.439 e. The number of aryl methyl sites for hydroxylation is 2. The number of rotatable bonds is 5. The highest BCUT2D eigenvalue weighted by Gasteiger charge is 2.12. The van der Waals surface area contributed by atoms with E-state index in [0.29, 0.717) is 22.9 Å². The summed E-state index contributed by atoms with van der Waals surface area (Å²) in [5, 5.41) is 3.17. The zero-order valence-electron chi connectivity index (χ0n) is 15.7. The Morgan fingerprint density at radius 1 is 1.11 bits per heavy atom. The van der Waals surface area contributed by atoms with E-state index in [1.807, 2.05) is 44.2 Å². The average Bonchev–Trinajstić information content (AvgIpc) is 3.00. The van der Waals surface area contributed by atoms with Crippen molar-refractivity contribution in [3.05, 3.63) is 70.3 Å². The quantitative estimate of drug-likeness (QED) is 0.548. The number of ether oxygens (including phenoxy) is 1. The van der Waals surface area contributed by atoms with Crippen LogP contribution in [0.5, 0.6) is 5.75 Å². The molecule has 4 rings (SSSR count). The third-order valence-corrected chi connectivity index (χ3v) is 4.33. The maximum Gasteiger partial charge on any atom is 0.439 e. The Labute approximate surface area is 160 Å². The fourth-order valence-corrected chi connectivity index (χ4v) is 2.88. The monoisotopic (exact) mass is 377 g/mol. The van der Waals surface area contributed by atoms with E-state index in [4.69, 9.17) is 9.15 Å². The van der Waals surface area contributed by atoms with Crippen molar-refractivity contribution in [2.24, 2.45) is 0 Å².